The van der Waals surface area contributed by atoms with Crippen molar-refractivity contribution in [2.24, 2.45) is 0 Å². The third-order valence-electron chi connectivity index (χ3n) is 2.66. The van der Waals surface area contributed by atoms with E-state index in [2.05, 4.69) is 9.97 Å². The molecule has 0 bridgehead atoms. The molecule has 0 radical (unpaired) electrons. The number of esters is 1. The van der Waals surface area contributed by atoms with Gasteiger partial charge in [-0.25, -0.2) is 4.98 Å². The van der Waals surface area contributed by atoms with Crippen LogP contribution in [0.25, 0.3) is 0 Å². The Balaban J connectivity index is 2.13. The lowest BCUT2D eigenvalue weighted by molar-refractivity contribution is -0.140. The zero-order valence-electron chi connectivity index (χ0n) is 10.4. The van der Waals surface area contributed by atoms with Crippen molar-refractivity contribution in [2.45, 2.75) is 49.6 Å². The molecule has 0 aromatic carbocycles. The van der Waals surface area contributed by atoms with Crippen LogP contribution in [0.1, 0.15) is 32.4 Å². The van der Waals surface area contributed by atoms with Gasteiger partial charge >= 0.3 is 5.97 Å². The third-order valence-corrected chi connectivity index (χ3v) is 3.75. The summed E-state index contributed by atoms with van der Waals surface area (Å²) in [6.45, 7) is 3.90. The molecule has 0 spiro atoms. The maximum absolute atomic E-state index is 11.5. The highest BCUT2D eigenvalue weighted by Crippen LogP contribution is 2.29. The molecule has 2 unspecified atom stereocenters. The Kier molecular flexibility index (Phi) is 4.06. The largest absolute Gasteiger partial charge is 0.462 e. The minimum Gasteiger partial charge on any atom is -0.462 e. The number of cyclic esters (lactones) is 1. The van der Waals surface area contributed by atoms with Gasteiger partial charge < -0.3 is 9.72 Å². The molecular weight excluding hydrogens is 252 g/mol. The molecule has 1 aromatic heterocycles. The number of aromatic amines is 1. The molecule has 18 heavy (non-hydrogen) atoms. The fourth-order valence-electron chi connectivity index (χ4n) is 1.87. The van der Waals surface area contributed by atoms with Gasteiger partial charge in [0.25, 0.3) is 5.56 Å². The van der Waals surface area contributed by atoms with E-state index in [9.17, 15) is 9.59 Å². The van der Waals surface area contributed by atoms with Gasteiger partial charge in [-0.3, -0.25) is 9.59 Å². The molecule has 0 saturated carbocycles. The molecule has 1 N–H and O–H groups in total. The standard InChI is InChI=1S/C12H16N2O3S/c1-3-4-8-6-10(15)14-12(13-8)18-9-5-7(2)17-11(9)16/h6-7,9H,3-5H2,1-2H3,(H,13,14,15). The highest BCUT2D eigenvalue weighted by Gasteiger charge is 2.33. The van der Waals surface area contributed by atoms with Gasteiger partial charge in [-0.15, -0.1) is 0 Å². The van der Waals surface area contributed by atoms with Crippen LogP contribution in [0.4, 0.5) is 0 Å². The number of aryl methyl sites for hydroxylation is 1. The molecule has 6 heteroatoms. The Morgan fingerprint density at radius 2 is 2.33 bits per heavy atom. The van der Waals surface area contributed by atoms with Crippen molar-refractivity contribution < 1.29 is 9.53 Å². The van der Waals surface area contributed by atoms with Gasteiger partial charge in [0.1, 0.15) is 11.4 Å². The highest BCUT2D eigenvalue weighted by molar-refractivity contribution is 8.00. The Hall–Kier alpha value is -1.30. The lowest BCUT2D eigenvalue weighted by Crippen LogP contribution is -2.14. The van der Waals surface area contributed by atoms with Gasteiger partial charge in [-0.1, -0.05) is 25.1 Å². The molecule has 1 aromatic rings. The van der Waals surface area contributed by atoms with Crippen molar-refractivity contribution >= 4 is 17.7 Å². The van der Waals surface area contributed by atoms with Crippen LogP contribution in [0.3, 0.4) is 0 Å². The minimum atomic E-state index is -0.264. The van der Waals surface area contributed by atoms with E-state index in [-0.39, 0.29) is 22.9 Å². The van der Waals surface area contributed by atoms with Crippen molar-refractivity contribution in [1.82, 2.24) is 9.97 Å². The number of rotatable bonds is 4. The van der Waals surface area contributed by atoms with Crippen LogP contribution < -0.4 is 5.56 Å². The van der Waals surface area contributed by atoms with Gasteiger partial charge in [0.15, 0.2) is 5.16 Å². The smallest absolute Gasteiger partial charge is 0.319 e. The van der Waals surface area contributed by atoms with Crippen molar-refractivity contribution in [2.75, 3.05) is 0 Å². The number of carbonyl (C=O) groups is 1. The summed E-state index contributed by atoms with van der Waals surface area (Å²) in [7, 11) is 0. The Morgan fingerprint density at radius 1 is 1.56 bits per heavy atom. The predicted octanol–water partition coefficient (Wildman–Crippen LogP) is 1.52. The van der Waals surface area contributed by atoms with Gasteiger partial charge in [0.2, 0.25) is 0 Å². The van der Waals surface area contributed by atoms with E-state index in [1.54, 1.807) is 0 Å². The van der Waals surface area contributed by atoms with Crippen LogP contribution in [0.5, 0.6) is 0 Å². The predicted molar refractivity (Wildman–Crippen MR) is 68.7 cm³/mol. The molecule has 2 atom stereocenters. The summed E-state index contributed by atoms with van der Waals surface area (Å²) in [5, 5.41) is 0.238. The number of nitrogens with zero attached hydrogens (tertiary/aromatic N) is 1. The molecule has 1 saturated heterocycles. The molecule has 1 aliphatic heterocycles. The summed E-state index contributed by atoms with van der Waals surface area (Å²) in [6, 6.07) is 1.50. The Bertz CT molecular complexity index is 500. The van der Waals surface area contributed by atoms with Gasteiger partial charge in [-0.2, -0.15) is 0 Å². The number of carbonyl (C=O) groups excluding carboxylic acids is 1. The van der Waals surface area contributed by atoms with Crippen molar-refractivity contribution in [3.05, 3.63) is 22.1 Å². The number of thioether (sulfide) groups is 1. The van der Waals surface area contributed by atoms with Gasteiger partial charge in [0, 0.05) is 18.2 Å². The molecule has 1 fully saturated rings. The van der Waals surface area contributed by atoms with Crippen molar-refractivity contribution in [3.8, 4) is 0 Å². The van der Waals surface area contributed by atoms with Crippen LogP contribution >= 0.6 is 11.8 Å². The maximum atomic E-state index is 11.5. The first kappa shape index (κ1) is 13.1. The van der Waals surface area contributed by atoms with E-state index in [0.717, 1.165) is 18.5 Å². The second-order valence-corrected chi connectivity index (χ2v) is 5.57. The van der Waals surface area contributed by atoms with Gasteiger partial charge in [0.05, 0.1) is 0 Å². The quantitative estimate of drug-likeness (QED) is 0.662. The second-order valence-electron chi connectivity index (χ2n) is 4.38. The number of ether oxygens (including phenoxy) is 1. The van der Waals surface area contributed by atoms with Crippen LogP contribution in [-0.2, 0) is 16.0 Å². The van der Waals surface area contributed by atoms with E-state index in [4.69, 9.17) is 4.74 Å². The molecular formula is C12H16N2O3S. The lowest BCUT2D eigenvalue weighted by Gasteiger charge is -2.05. The minimum absolute atomic E-state index is 0.0550. The summed E-state index contributed by atoms with van der Waals surface area (Å²) in [6.07, 6.45) is 2.30. The first-order valence-electron chi connectivity index (χ1n) is 6.06. The fourth-order valence-corrected chi connectivity index (χ4v) is 2.99. The van der Waals surface area contributed by atoms with E-state index in [0.29, 0.717) is 11.6 Å². The SMILES string of the molecule is CCCc1cc(=O)[nH]c(SC2CC(C)OC2=O)n1. The molecule has 0 amide bonds. The molecule has 2 heterocycles. The van der Waals surface area contributed by atoms with Crippen molar-refractivity contribution in [3.63, 3.8) is 0 Å². The zero-order chi connectivity index (χ0) is 13.1. The number of H-pyrrole nitrogens is 1. The van der Waals surface area contributed by atoms with Crippen LogP contribution in [0.15, 0.2) is 16.0 Å². The van der Waals surface area contributed by atoms with Crippen LogP contribution in [0.2, 0.25) is 0 Å². The summed E-state index contributed by atoms with van der Waals surface area (Å²) in [4.78, 5) is 30.0. The van der Waals surface area contributed by atoms with E-state index < -0.39 is 0 Å². The topological polar surface area (TPSA) is 72.1 Å². The number of hydrogen-bond donors (Lipinski definition) is 1. The average Bonchev–Trinajstić information content (AvgIpc) is 2.57. The number of nitrogens with one attached hydrogen (secondary N) is 1. The number of hydrogen-bond acceptors (Lipinski definition) is 5. The summed E-state index contributed by atoms with van der Waals surface area (Å²) in [5.41, 5.74) is 0.596. The third kappa shape index (κ3) is 3.13. The summed E-state index contributed by atoms with van der Waals surface area (Å²) >= 11 is 1.28. The second kappa shape index (κ2) is 5.56. The van der Waals surface area contributed by atoms with E-state index in [1.807, 2.05) is 13.8 Å². The first-order valence-corrected chi connectivity index (χ1v) is 6.94. The highest BCUT2D eigenvalue weighted by atomic mass is 32.2. The maximum Gasteiger partial charge on any atom is 0.319 e. The first-order chi connectivity index (χ1) is 8.58. The summed E-state index contributed by atoms with van der Waals surface area (Å²) < 4.78 is 5.07. The van der Waals surface area contributed by atoms with E-state index in [1.165, 1.54) is 17.8 Å². The fraction of sp³-hybridized carbons (Fsp3) is 0.583. The summed E-state index contributed by atoms with van der Waals surface area (Å²) in [5.74, 6) is -0.226. The molecule has 2 rings (SSSR count). The molecule has 98 valence electrons. The number of aromatic nitrogens is 2. The van der Waals surface area contributed by atoms with Crippen molar-refractivity contribution in [1.29, 1.82) is 0 Å². The Labute approximate surface area is 109 Å². The monoisotopic (exact) mass is 268 g/mol. The van der Waals surface area contributed by atoms with Gasteiger partial charge in [-0.05, 0) is 13.3 Å². The normalized spacial score (nSPS) is 23.1. The Morgan fingerprint density at radius 3 is 2.94 bits per heavy atom. The van der Waals surface area contributed by atoms with Crippen LogP contribution in [-0.4, -0.2) is 27.3 Å². The molecule has 1 aliphatic rings. The molecule has 5 nitrogen and oxygen atoms in total. The zero-order valence-corrected chi connectivity index (χ0v) is 11.3. The van der Waals surface area contributed by atoms with E-state index >= 15 is 0 Å². The lowest BCUT2D eigenvalue weighted by atomic mass is 10.2. The average molecular weight is 268 g/mol. The van der Waals surface area contributed by atoms with Crippen LogP contribution in [0, 0.1) is 0 Å². The molecule has 0 aliphatic carbocycles.